The standard InChI is InChI=1S/C25H26FN5O2S/c1-16-23-18(14-20(22-5-4-12-34-22)27-24(23)29(2)28-16)25(32)31-10-8-30(9-11-31)15-17-6-7-21(33-3)19(26)13-17/h4-7,12-14H,8-11,15H2,1-3H3. The van der Waals surface area contributed by atoms with Gasteiger partial charge in [0.15, 0.2) is 17.2 Å². The van der Waals surface area contributed by atoms with Crippen LogP contribution in [0.4, 0.5) is 4.39 Å². The number of benzene rings is 1. The van der Waals surface area contributed by atoms with Gasteiger partial charge in [0.2, 0.25) is 0 Å². The normalized spacial score (nSPS) is 14.6. The predicted octanol–water partition coefficient (Wildman–Crippen LogP) is 4.11. The van der Waals surface area contributed by atoms with Crippen LogP contribution in [0.25, 0.3) is 21.6 Å². The Morgan fingerprint density at radius 1 is 1.18 bits per heavy atom. The number of hydrogen-bond acceptors (Lipinski definition) is 6. The summed E-state index contributed by atoms with van der Waals surface area (Å²) < 4.78 is 20.8. The van der Waals surface area contributed by atoms with E-state index in [1.54, 1.807) is 22.1 Å². The van der Waals surface area contributed by atoms with Gasteiger partial charge in [-0.1, -0.05) is 12.1 Å². The fraction of sp³-hybridized carbons (Fsp3) is 0.320. The van der Waals surface area contributed by atoms with Crippen molar-refractivity contribution in [1.82, 2.24) is 24.6 Å². The van der Waals surface area contributed by atoms with Gasteiger partial charge in [-0.15, -0.1) is 11.3 Å². The number of aromatic nitrogens is 3. The molecule has 0 saturated carbocycles. The number of methoxy groups -OCH3 is 1. The van der Waals surface area contributed by atoms with Gasteiger partial charge < -0.3 is 9.64 Å². The van der Waals surface area contributed by atoms with E-state index in [4.69, 9.17) is 9.72 Å². The van der Waals surface area contributed by atoms with Crippen LogP contribution in [0.5, 0.6) is 5.75 Å². The number of fused-ring (bicyclic) bond motifs is 1. The lowest BCUT2D eigenvalue weighted by Crippen LogP contribution is -2.48. The first kappa shape index (κ1) is 22.5. The second-order valence-corrected chi connectivity index (χ2v) is 9.42. The first-order valence-corrected chi connectivity index (χ1v) is 12.0. The van der Waals surface area contributed by atoms with E-state index >= 15 is 0 Å². The molecule has 0 N–H and O–H groups in total. The summed E-state index contributed by atoms with van der Waals surface area (Å²) >= 11 is 1.60. The Hall–Kier alpha value is -3.30. The van der Waals surface area contributed by atoms with E-state index in [1.165, 1.54) is 13.2 Å². The van der Waals surface area contributed by atoms with Gasteiger partial charge in [-0.05, 0) is 42.1 Å². The number of carbonyl (C=O) groups excluding carboxylic acids is 1. The van der Waals surface area contributed by atoms with Crippen molar-refractivity contribution < 1.29 is 13.9 Å². The zero-order valence-electron chi connectivity index (χ0n) is 19.4. The lowest BCUT2D eigenvalue weighted by atomic mass is 10.1. The second kappa shape index (κ2) is 9.15. The fourth-order valence-corrected chi connectivity index (χ4v) is 5.20. The summed E-state index contributed by atoms with van der Waals surface area (Å²) in [6.07, 6.45) is 0. The number of carbonyl (C=O) groups is 1. The molecule has 0 radical (unpaired) electrons. The highest BCUT2D eigenvalue weighted by Gasteiger charge is 2.26. The molecule has 176 valence electrons. The van der Waals surface area contributed by atoms with E-state index < -0.39 is 0 Å². The Bertz CT molecular complexity index is 1340. The SMILES string of the molecule is COc1ccc(CN2CCN(C(=O)c3cc(-c4cccs4)nc4c3c(C)nn4C)CC2)cc1F. The topological polar surface area (TPSA) is 63.5 Å². The molecular weight excluding hydrogens is 453 g/mol. The van der Waals surface area contributed by atoms with E-state index in [-0.39, 0.29) is 17.5 Å². The number of piperazine rings is 1. The van der Waals surface area contributed by atoms with E-state index in [0.717, 1.165) is 40.3 Å². The minimum atomic E-state index is -0.357. The minimum absolute atomic E-state index is 0.00329. The van der Waals surface area contributed by atoms with Crippen molar-refractivity contribution in [2.75, 3.05) is 33.3 Å². The Morgan fingerprint density at radius 3 is 2.65 bits per heavy atom. The van der Waals surface area contributed by atoms with Gasteiger partial charge in [0.25, 0.3) is 5.91 Å². The molecule has 1 amide bonds. The number of thiophene rings is 1. The average Bonchev–Trinajstić information content (AvgIpc) is 3.47. The molecule has 1 saturated heterocycles. The van der Waals surface area contributed by atoms with Crippen molar-refractivity contribution in [1.29, 1.82) is 0 Å². The molecule has 4 aromatic rings. The highest BCUT2D eigenvalue weighted by molar-refractivity contribution is 7.13. The minimum Gasteiger partial charge on any atom is -0.494 e. The van der Waals surface area contributed by atoms with E-state index in [1.807, 2.05) is 48.5 Å². The Balaban J connectivity index is 1.35. The van der Waals surface area contributed by atoms with Crippen molar-refractivity contribution in [3.05, 3.63) is 64.4 Å². The Kier molecular flexibility index (Phi) is 6.05. The molecule has 4 heterocycles. The smallest absolute Gasteiger partial charge is 0.254 e. The summed E-state index contributed by atoms with van der Waals surface area (Å²) in [4.78, 5) is 23.6. The first-order chi connectivity index (χ1) is 16.4. The molecular formula is C25H26FN5O2S. The maximum atomic E-state index is 14.0. The van der Waals surface area contributed by atoms with Crippen LogP contribution in [-0.2, 0) is 13.6 Å². The van der Waals surface area contributed by atoms with Crippen LogP contribution in [0.2, 0.25) is 0 Å². The predicted molar refractivity (Wildman–Crippen MR) is 131 cm³/mol. The van der Waals surface area contributed by atoms with Gasteiger partial charge in [-0.2, -0.15) is 5.10 Å². The molecule has 9 heteroatoms. The molecule has 5 rings (SSSR count). The second-order valence-electron chi connectivity index (χ2n) is 8.48. The lowest BCUT2D eigenvalue weighted by Gasteiger charge is -2.35. The number of nitrogens with zero attached hydrogens (tertiary/aromatic N) is 5. The maximum Gasteiger partial charge on any atom is 0.254 e. The van der Waals surface area contributed by atoms with Crippen molar-refractivity contribution in [2.45, 2.75) is 13.5 Å². The Morgan fingerprint density at radius 2 is 1.97 bits per heavy atom. The molecule has 0 bridgehead atoms. The molecule has 3 aromatic heterocycles. The zero-order chi connectivity index (χ0) is 23.8. The van der Waals surface area contributed by atoms with Gasteiger partial charge >= 0.3 is 0 Å². The quantitative estimate of drug-likeness (QED) is 0.431. The van der Waals surface area contributed by atoms with E-state index in [2.05, 4.69) is 10.00 Å². The molecule has 1 aliphatic heterocycles. The van der Waals surface area contributed by atoms with Crippen LogP contribution in [-0.4, -0.2) is 63.8 Å². The van der Waals surface area contributed by atoms with Crippen LogP contribution in [0.15, 0.2) is 41.8 Å². The number of rotatable bonds is 5. The van der Waals surface area contributed by atoms with Crippen molar-refractivity contribution in [3.8, 4) is 16.3 Å². The number of amides is 1. The number of hydrogen-bond donors (Lipinski definition) is 0. The van der Waals surface area contributed by atoms with Gasteiger partial charge in [-0.25, -0.2) is 9.37 Å². The number of aryl methyl sites for hydroxylation is 2. The van der Waals surface area contributed by atoms with Crippen LogP contribution < -0.4 is 4.74 Å². The summed E-state index contributed by atoms with van der Waals surface area (Å²) in [6, 6.07) is 10.9. The van der Waals surface area contributed by atoms with Gasteiger partial charge in [0, 0.05) is 39.8 Å². The van der Waals surface area contributed by atoms with Crippen molar-refractivity contribution >= 4 is 28.3 Å². The summed E-state index contributed by atoms with van der Waals surface area (Å²) in [6.45, 7) is 5.20. The first-order valence-electron chi connectivity index (χ1n) is 11.2. The van der Waals surface area contributed by atoms with Crippen LogP contribution in [0.3, 0.4) is 0 Å². The maximum absolute atomic E-state index is 14.0. The third kappa shape index (κ3) is 4.17. The molecule has 1 aliphatic rings. The molecule has 0 spiro atoms. The third-order valence-corrected chi connectivity index (χ3v) is 7.15. The highest BCUT2D eigenvalue weighted by Crippen LogP contribution is 2.30. The highest BCUT2D eigenvalue weighted by atomic mass is 32.1. The monoisotopic (exact) mass is 479 g/mol. The van der Waals surface area contributed by atoms with E-state index in [0.29, 0.717) is 30.8 Å². The fourth-order valence-electron chi connectivity index (χ4n) is 4.51. The molecule has 34 heavy (non-hydrogen) atoms. The van der Waals surface area contributed by atoms with Crippen LogP contribution in [0.1, 0.15) is 21.6 Å². The van der Waals surface area contributed by atoms with Crippen molar-refractivity contribution in [2.24, 2.45) is 7.05 Å². The largest absolute Gasteiger partial charge is 0.494 e. The average molecular weight is 480 g/mol. The molecule has 0 atom stereocenters. The summed E-state index contributed by atoms with van der Waals surface area (Å²) in [5.41, 5.74) is 3.83. The van der Waals surface area contributed by atoms with Crippen molar-refractivity contribution in [3.63, 3.8) is 0 Å². The van der Waals surface area contributed by atoms with Gasteiger partial charge in [-0.3, -0.25) is 14.4 Å². The molecule has 1 fully saturated rings. The summed E-state index contributed by atoms with van der Waals surface area (Å²) in [5.74, 6) is -0.115. The molecule has 1 aromatic carbocycles. The summed E-state index contributed by atoms with van der Waals surface area (Å²) in [5, 5.41) is 7.33. The lowest BCUT2D eigenvalue weighted by molar-refractivity contribution is 0.0630. The van der Waals surface area contributed by atoms with Crippen LogP contribution >= 0.6 is 11.3 Å². The Labute approximate surface area is 201 Å². The number of halogens is 1. The number of pyridine rings is 1. The summed E-state index contributed by atoms with van der Waals surface area (Å²) in [7, 11) is 3.32. The zero-order valence-corrected chi connectivity index (χ0v) is 20.2. The van der Waals surface area contributed by atoms with E-state index in [9.17, 15) is 9.18 Å². The molecule has 0 aliphatic carbocycles. The molecule has 7 nitrogen and oxygen atoms in total. The van der Waals surface area contributed by atoms with Gasteiger partial charge in [0.05, 0.1) is 34.3 Å². The molecule has 0 unspecified atom stereocenters. The third-order valence-electron chi connectivity index (χ3n) is 6.25. The van der Waals surface area contributed by atoms with Gasteiger partial charge in [0.1, 0.15) is 0 Å². The van der Waals surface area contributed by atoms with Crippen LogP contribution in [0, 0.1) is 12.7 Å². The number of ether oxygens (including phenoxy) is 1.